The smallest absolute Gasteiger partial charge is 0.306 e. The summed E-state index contributed by atoms with van der Waals surface area (Å²) in [5.74, 6) is -0.117. The summed E-state index contributed by atoms with van der Waals surface area (Å²) in [5, 5.41) is 0. The van der Waals surface area contributed by atoms with Crippen molar-refractivity contribution in [3.63, 3.8) is 0 Å². The van der Waals surface area contributed by atoms with Crippen LogP contribution in [0, 0.1) is 0 Å². The van der Waals surface area contributed by atoms with Crippen LogP contribution < -0.4 is 0 Å². The van der Waals surface area contributed by atoms with Crippen molar-refractivity contribution >= 4 is 5.97 Å². The minimum Gasteiger partial charge on any atom is -0.455 e. The molecule has 14 heavy (non-hydrogen) atoms. The summed E-state index contributed by atoms with van der Waals surface area (Å²) >= 11 is 0. The average molecular weight is 196 g/mol. The van der Waals surface area contributed by atoms with Crippen molar-refractivity contribution in [1.29, 1.82) is 0 Å². The van der Waals surface area contributed by atoms with Crippen LogP contribution in [0.3, 0.4) is 0 Å². The summed E-state index contributed by atoms with van der Waals surface area (Å²) in [7, 11) is 0. The maximum Gasteiger partial charge on any atom is 0.306 e. The molecule has 2 unspecified atom stereocenters. The van der Waals surface area contributed by atoms with E-state index in [-0.39, 0.29) is 24.3 Å². The van der Waals surface area contributed by atoms with Crippen LogP contribution in [0.15, 0.2) is 12.2 Å². The largest absolute Gasteiger partial charge is 0.455 e. The molecule has 0 aliphatic carbocycles. The Morgan fingerprint density at radius 1 is 1.57 bits per heavy atom. The van der Waals surface area contributed by atoms with Crippen LogP contribution >= 0.6 is 0 Å². The molecule has 3 atom stereocenters. The lowest BCUT2D eigenvalue weighted by Gasteiger charge is -2.23. The highest BCUT2D eigenvalue weighted by Crippen LogP contribution is 2.35. The van der Waals surface area contributed by atoms with Gasteiger partial charge in [0, 0.05) is 6.42 Å². The Bertz CT molecular complexity index is 259. The van der Waals surface area contributed by atoms with E-state index in [4.69, 9.17) is 9.47 Å². The van der Waals surface area contributed by atoms with Crippen molar-refractivity contribution in [3.05, 3.63) is 12.2 Å². The standard InChI is InChI=1S/C11H16O3/c1-3-4-8-7(2)11-9(13-8)5-6-10(12)14-11/h8-9,11H,2-6H2,1H3/t8-,9?,11?/m0/s1. The fraction of sp³-hybridized carbons (Fsp3) is 0.727. The fourth-order valence-electron chi connectivity index (χ4n) is 2.14. The van der Waals surface area contributed by atoms with E-state index in [1.807, 2.05) is 0 Å². The molecule has 3 heteroatoms. The zero-order valence-corrected chi connectivity index (χ0v) is 8.49. The van der Waals surface area contributed by atoms with E-state index in [9.17, 15) is 4.79 Å². The maximum atomic E-state index is 11.1. The lowest BCUT2D eigenvalue weighted by Crippen LogP contribution is -2.33. The zero-order valence-electron chi connectivity index (χ0n) is 8.49. The van der Waals surface area contributed by atoms with Crippen LogP contribution in [0.5, 0.6) is 0 Å². The predicted molar refractivity (Wildman–Crippen MR) is 51.8 cm³/mol. The quantitative estimate of drug-likeness (QED) is 0.499. The van der Waals surface area contributed by atoms with Gasteiger partial charge in [-0.25, -0.2) is 0 Å². The van der Waals surface area contributed by atoms with Gasteiger partial charge in [0.15, 0.2) is 6.10 Å². The lowest BCUT2D eigenvalue weighted by molar-refractivity contribution is -0.158. The van der Waals surface area contributed by atoms with Crippen LogP contribution in [0.25, 0.3) is 0 Å². The summed E-state index contributed by atoms with van der Waals surface area (Å²) < 4.78 is 11.0. The van der Waals surface area contributed by atoms with E-state index in [1.165, 1.54) is 0 Å². The third-order valence-corrected chi connectivity index (χ3v) is 2.90. The van der Waals surface area contributed by atoms with Crippen molar-refractivity contribution in [1.82, 2.24) is 0 Å². The molecular formula is C11H16O3. The zero-order chi connectivity index (χ0) is 10.1. The first kappa shape index (κ1) is 9.71. The van der Waals surface area contributed by atoms with Gasteiger partial charge < -0.3 is 9.47 Å². The Kier molecular flexibility index (Phi) is 2.59. The van der Waals surface area contributed by atoms with Gasteiger partial charge in [0.25, 0.3) is 0 Å². The molecule has 0 saturated carbocycles. The molecule has 0 aromatic rings. The molecule has 2 saturated heterocycles. The third kappa shape index (κ3) is 1.57. The van der Waals surface area contributed by atoms with Gasteiger partial charge >= 0.3 is 5.97 Å². The first-order chi connectivity index (χ1) is 6.72. The van der Waals surface area contributed by atoms with E-state index in [1.54, 1.807) is 0 Å². The highest BCUT2D eigenvalue weighted by atomic mass is 16.6. The van der Waals surface area contributed by atoms with Gasteiger partial charge in [-0.05, 0) is 18.4 Å². The molecular weight excluding hydrogens is 180 g/mol. The number of hydrogen-bond donors (Lipinski definition) is 0. The Morgan fingerprint density at radius 3 is 3.07 bits per heavy atom. The molecule has 0 aromatic heterocycles. The minimum atomic E-state index is -0.173. The highest BCUT2D eigenvalue weighted by molar-refractivity contribution is 5.71. The lowest BCUT2D eigenvalue weighted by atomic mass is 9.98. The van der Waals surface area contributed by atoms with Gasteiger partial charge in [0.05, 0.1) is 12.2 Å². The number of carbonyl (C=O) groups excluding carboxylic acids is 1. The van der Waals surface area contributed by atoms with Crippen LogP contribution in [-0.4, -0.2) is 24.3 Å². The number of rotatable bonds is 2. The van der Waals surface area contributed by atoms with Gasteiger partial charge in [-0.2, -0.15) is 0 Å². The molecule has 2 fully saturated rings. The van der Waals surface area contributed by atoms with Gasteiger partial charge in [-0.15, -0.1) is 0 Å². The third-order valence-electron chi connectivity index (χ3n) is 2.90. The van der Waals surface area contributed by atoms with Crippen LogP contribution in [0.2, 0.25) is 0 Å². The van der Waals surface area contributed by atoms with Gasteiger partial charge in [0.1, 0.15) is 0 Å². The van der Waals surface area contributed by atoms with E-state index in [0.717, 1.165) is 24.8 Å². The van der Waals surface area contributed by atoms with Crippen LogP contribution in [0.1, 0.15) is 32.6 Å². The number of fused-ring (bicyclic) bond motifs is 1. The molecule has 78 valence electrons. The Morgan fingerprint density at radius 2 is 2.36 bits per heavy atom. The second kappa shape index (κ2) is 3.73. The first-order valence-electron chi connectivity index (χ1n) is 5.26. The van der Waals surface area contributed by atoms with E-state index >= 15 is 0 Å². The fourth-order valence-corrected chi connectivity index (χ4v) is 2.14. The Balaban J connectivity index is 2.05. The summed E-state index contributed by atoms with van der Waals surface area (Å²) in [5.41, 5.74) is 0.949. The van der Waals surface area contributed by atoms with E-state index in [2.05, 4.69) is 13.5 Å². The Labute approximate surface area is 84.1 Å². The van der Waals surface area contributed by atoms with Crippen molar-refractivity contribution in [2.24, 2.45) is 0 Å². The van der Waals surface area contributed by atoms with Gasteiger partial charge in [0.2, 0.25) is 0 Å². The highest BCUT2D eigenvalue weighted by Gasteiger charge is 2.43. The number of esters is 1. The molecule has 3 nitrogen and oxygen atoms in total. The molecule has 0 aromatic carbocycles. The molecule has 2 aliphatic rings. The maximum absolute atomic E-state index is 11.1. The summed E-state index contributed by atoms with van der Waals surface area (Å²) in [6.45, 7) is 6.09. The first-order valence-corrected chi connectivity index (χ1v) is 5.26. The van der Waals surface area contributed by atoms with Crippen molar-refractivity contribution in [3.8, 4) is 0 Å². The Hall–Kier alpha value is -0.830. The SMILES string of the molecule is C=C1C2OC(=O)CCC2O[C@H]1CCC. The van der Waals surface area contributed by atoms with Crippen molar-refractivity contribution < 1.29 is 14.3 Å². The van der Waals surface area contributed by atoms with Crippen LogP contribution in [-0.2, 0) is 14.3 Å². The summed E-state index contributed by atoms with van der Waals surface area (Å²) in [4.78, 5) is 11.1. The number of ether oxygens (including phenoxy) is 2. The topological polar surface area (TPSA) is 35.5 Å². The molecule has 0 radical (unpaired) electrons. The molecule has 0 bridgehead atoms. The molecule has 0 amide bonds. The number of carbonyl (C=O) groups is 1. The average Bonchev–Trinajstić information content (AvgIpc) is 2.46. The molecule has 2 heterocycles. The predicted octanol–water partition coefficient (Wildman–Crippen LogP) is 1.82. The van der Waals surface area contributed by atoms with Gasteiger partial charge in [-0.1, -0.05) is 19.9 Å². The molecule has 0 spiro atoms. The molecule has 2 rings (SSSR count). The second-order valence-corrected chi connectivity index (χ2v) is 3.98. The van der Waals surface area contributed by atoms with E-state index < -0.39 is 0 Å². The summed E-state index contributed by atoms with van der Waals surface area (Å²) in [6.07, 6.45) is 3.29. The molecule has 0 N–H and O–H groups in total. The number of hydrogen-bond acceptors (Lipinski definition) is 3. The normalized spacial score (nSPS) is 36.8. The minimum absolute atomic E-state index is 0.0664. The van der Waals surface area contributed by atoms with Crippen molar-refractivity contribution in [2.45, 2.75) is 50.9 Å². The second-order valence-electron chi connectivity index (χ2n) is 3.98. The monoisotopic (exact) mass is 196 g/mol. The summed E-state index contributed by atoms with van der Waals surface area (Å²) in [6, 6.07) is 0. The van der Waals surface area contributed by atoms with E-state index in [0.29, 0.717) is 6.42 Å². The van der Waals surface area contributed by atoms with Crippen LogP contribution in [0.4, 0.5) is 0 Å². The molecule has 2 aliphatic heterocycles. The van der Waals surface area contributed by atoms with Gasteiger partial charge in [-0.3, -0.25) is 4.79 Å². The van der Waals surface area contributed by atoms with Crippen molar-refractivity contribution in [2.75, 3.05) is 0 Å².